The number of ketones is 1. The summed E-state index contributed by atoms with van der Waals surface area (Å²) >= 11 is 0. The Bertz CT molecular complexity index is 856. The van der Waals surface area contributed by atoms with Crippen molar-refractivity contribution in [3.05, 3.63) is 83.9 Å². The number of hydrogen-bond acceptors (Lipinski definition) is 3. The topological polar surface area (TPSA) is 38.3 Å². The molecule has 3 aromatic carbocycles. The fourth-order valence-electron chi connectivity index (χ4n) is 2.59. The fourth-order valence-corrected chi connectivity index (χ4v) is 2.59. The van der Waals surface area contributed by atoms with Gasteiger partial charge in [-0.05, 0) is 24.3 Å². The van der Waals surface area contributed by atoms with Gasteiger partial charge in [-0.1, -0.05) is 48.5 Å². The normalized spacial score (nSPS) is 11.6. The number of carbonyl (C=O) groups is 1. The molecule has 3 nitrogen and oxygen atoms in total. The maximum atomic E-state index is 12.7. The Hall–Kier alpha value is -3.07. The quantitative estimate of drug-likeness (QED) is 0.540. The number of hydrogen-bond donors (Lipinski definition) is 1. The van der Waals surface area contributed by atoms with Crippen LogP contribution in [-0.2, 0) is 0 Å². The summed E-state index contributed by atoms with van der Waals surface area (Å²) in [6.07, 6.45) is 0. The molecule has 3 heteroatoms. The number of ether oxygens (including phenoxy) is 1. The summed E-state index contributed by atoms with van der Waals surface area (Å²) < 4.78 is 5.89. The highest BCUT2D eigenvalue weighted by atomic mass is 16.5. The summed E-state index contributed by atoms with van der Waals surface area (Å²) in [5.41, 5.74) is 2.85. The highest BCUT2D eigenvalue weighted by molar-refractivity contribution is 6.13. The van der Waals surface area contributed by atoms with E-state index in [1.807, 2.05) is 72.8 Å². The Labute approximate surface area is 128 Å². The molecule has 3 aromatic rings. The van der Waals surface area contributed by atoms with Crippen molar-refractivity contribution in [1.29, 1.82) is 0 Å². The Balaban J connectivity index is 1.80. The fraction of sp³-hybridized carbons (Fsp3) is 0. The van der Waals surface area contributed by atoms with Gasteiger partial charge in [-0.3, -0.25) is 4.79 Å². The van der Waals surface area contributed by atoms with Crippen LogP contribution in [0.2, 0.25) is 0 Å². The van der Waals surface area contributed by atoms with Gasteiger partial charge in [0.05, 0.1) is 11.4 Å². The van der Waals surface area contributed by atoms with E-state index in [1.54, 1.807) is 0 Å². The zero-order valence-electron chi connectivity index (χ0n) is 11.7. The molecule has 0 radical (unpaired) electrons. The third kappa shape index (κ3) is 2.04. The van der Waals surface area contributed by atoms with Crippen molar-refractivity contribution < 1.29 is 9.53 Å². The minimum absolute atomic E-state index is 0.0204. The van der Waals surface area contributed by atoms with Gasteiger partial charge in [0.1, 0.15) is 0 Å². The molecule has 1 aliphatic heterocycles. The zero-order valence-corrected chi connectivity index (χ0v) is 11.7. The van der Waals surface area contributed by atoms with Crippen molar-refractivity contribution in [1.82, 2.24) is 0 Å². The molecule has 0 aliphatic carbocycles. The lowest BCUT2D eigenvalue weighted by molar-refractivity contribution is 0.103. The summed E-state index contributed by atoms with van der Waals surface area (Å²) in [5, 5.41) is 3.31. The average Bonchev–Trinajstić information content (AvgIpc) is 2.59. The predicted octanol–water partition coefficient (Wildman–Crippen LogP) is 4.77. The first-order chi connectivity index (χ1) is 10.8. The van der Waals surface area contributed by atoms with Gasteiger partial charge >= 0.3 is 0 Å². The van der Waals surface area contributed by atoms with Gasteiger partial charge < -0.3 is 10.1 Å². The van der Waals surface area contributed by atoms with Gasteiger partial charge in [0, 0.05) is 11.1 Å². The summed E-state index contributed by atoms with van der Waals surface area (Å²) in [6, 6.07) is 22.5. The van der Waals surface area contributed by atoms with Crippen LogP contribution in [0, 0.1) is 0 Å². The number of anilines is 2. The number of para-hydroxylation sites is 3. The average molecular weight is 287 g/mol. The molecule has 0 saturated heterocycles. The van der Waals surface area contributed by atoms with Crippen LogP contribution in [0.5, 0.6) is 11.5 Å². The molecule has 0 spiro atoms. The van der Waals surface area contributed by atoms with Crippen molar-refractivity contribution in [3.63, 3.8) is 0 Å². The summed E-state index contributed by atoms with van der Waals surface area (Å²) in [7, 11) is 0. The van der Waals surface area contributed by atoms with Gasteiger partial charge in [0.25, 0.3) is 0 Å². The lowest BCUT2D eigenvalue weighted by Gasteiger charge is -2.23. The van der Waals surface area contributed by atoms with Crippen LogP contribution in [0.1, 0.15) is 15.9 Å². The molecule has 0 bridgehead atoms. The number of rotatable bonds is 2. The van der Waals surface area contributed by atoms with Gasteiger partial charge in [-0.2, -0.15) is 0 Å². The van der Waals surface area contributed by atoms with Gasteiger partial charge in [0.15, 0.2) is 17.3 Å². The minimum Gasteiger partial charge on any atom is -0.453 e. The Morgan fingerprint density at radius 2 is 1.50 bits per heavy atom. The van der Waals surface area contributed by atoms with E-state index >= 15 is 0 Å². The second kappa shape index (κ2) is 5.04. The van der Waals surface area contributed by atoms with E-state index in [4.69, 9.17) is 4.74 Å². The molecule has 0 amide bonds. The molecular formula is C19H13NO2. The maximum absolute atomic E-state index is 12.7. The lowest BCUT2D eigenvalue weighted by Crippen LogP contribution is -2.10. The molecule has 22 heavy (non-hydrogen) atoms. The summed E-state index contributed by atoms with van der Waals surface area (Å²) in [6.45, 7) is 0. The third-order valence-electron chi connectivity index (χ3n) is 3.67. The smallest absolute Gasteiger partial charge is 0.195 e. The van der Waals surface area contributed by atoms with Crippen LogP contribution in [-0.4, -0.2) is 5.78 Å². The second-order valence-corrected chi connectivity index (χ2v) is 5.10. The number of nitrogens with one attached hydrogen (secondary N) is 1. The van der Waals surface area contributed by atoms with E-state index in [-0.39, 0.29) is 5.78 Å². The molecule has 4 rings (SSSR count). The predicted molar refractivity (Wildman–Crippen MR) is 86.1 cm³/mol. The first-order valence-electron chi connectivity index (χ1n) is 7.09. The first kappa shape index (κ1) is 12.7. The molecule has 1 aliphatic rings. The van der Waals surface area contributed by atoms with E-state index in [0.29, 0.717) is 16.9 Å². The maximum Gasteiger partial charge on any atom is 0.195 e. The standard InChI is InChI=1S/C19H13NO2/c21-19(13-7-2-1-3-8-13)14-9-6-12-17-18(14)20-15-10-4-5-11-16(15)22-17/h1-12,20H. The van der Waals surface area contributed by atoms with Crippen LogP contribution < -0.4 is 10.1 Å². The SMILES string of the molecule is O=C(c1ccccc1)c1cccc2c1Nc1ccccc1O2. The van der Waals surface area contributed by atoms with E-state index in [0.717, 1.165) is 17.1 Å². The van der Waals surface area contributed by atoms with Crippen LogP contribution in [0.4, 0.5) is 11.4 Å². The van der Waals surface area contributed by atoms with Gasteiger partial charge in [-0.15, -0.1) is 0 Å². The van der Waals surface area contributed by atoms with Crippen molar-refractivity contribution in [2.75, 3.05) is 5.32 Å². The number of fused-ring (bicyclic) bond motifs is 2. The number of carbonyl (C=O) groups excluding carboxylic acids is 1. The Kier molecular flexibility index (Phi) is 2.90. The van der Waals surface area contributed by atoms with Crippen molar-refractivity contribution >= 4 is 17.2 Å². The van der Waals surface area contributed by atoms with Crippen molar-refractivity contribution in [2.24, 2.45) is 0 Å². The molecule has 1 N–H and O–H groups in total. The largest absolute Gasteiger partial charge is 0.453 e. The second-order valence-electron chi connectivity index (χ2n) is 5.10. The molecular weight excluding hydrogens is 274 g/mol. The van der Waals surface area contributed by atoms with Crippen LogP contribution in [0.25, 0.3) is 0 Å². The van der Waals surface area contributed by atoms with E-state index in [9.17, 15) is 4.79 Å². The van der Waals surface area contributed by atoms with E-state index < -0.39 is 0 Å². The van der Waals surface area contributed by atoms with Crippen LogP contribution >= 0.6 is 0 Å². The summed E-state index contributed by atoms with van der Waals surface area (Å²) in [4.78, 5) is 12.7. The first-order valence-corrected chi connectivity index (χ1v) is 7.09. The molecule has 0 atom stereocenters. The molecule has 106 valence electrons. The Morgan fingerprint density at radius 1 is 0.773 bits per heavy atom. The molecule has 0 saturated carbocycles. The van der Waals surface area contributed by atoms with Crippen molar-refractivity contribution in [2.45, 2.75) is 0 Å². The van der Waals surface area contributed by atoms with Gasteiger partial charge in [-0.25, -0.2) is 0 Å². The summed E-state index contributed by atoms with van der Waals surface area (Å²) in [5.74, 6) is 1.41. The number of benzene rings is 3. The highest BCUT2D eigenvalue weighted by Gasteiger charge is 2.22. The van der Waals surface area contributed by atoms with E-state index in [1.165, 1.54) is 0 Å². The monoisotopic (exact) mass is 287 g/mol. The Morgan fingerprint density at radius 3 is 2.36 bits per heavy atom. The van der Waals surface area contributed by atoms with Crippen molar-refractivity contribution in [3.8, 4) is 11.5 Å². The lowest BCUT2D eigenvalue weighted by atomic mass is 10.0. The van der Waals surface area contributed by atoms with Gasteiger partial charge in [0.2, 0.25) is 0 Å². The van der Waals surface area contributed by atoms with E-state index in [2.05, 4.69) is 5.32 Å². The molecule has 0 aromatic heterocycles. The minimum atomic E-state index is -0.0204. The zero-order chi connectivity index (χ0) is 14.9. The highest BCUT2D eigenvalue weighted by Crippen LogP contribution is 2.43. The van der Waals surface area contributed by atoms with Crippen LogP contribution in [0.15, 0.2) is 72.8 Å². The molecule has 0 fully saturated rings. The molecule has 0 unspecified atom stereocenters. The third-order valence-corrected chi connectivity index (χ3v) is 3.67. The molecule has 1 heterocycles. The van der Waals surface area contributed by atoms with Crippen LogP contribution in [0.3, 0.4) is 0 Å².